The zero-order chi connectivity index (χ0) is 17.6. The van der Waals surface area contributed by atoms with E-state index in [-0.39, 0.29) is 24.0 Å². The smallest absolute Gasteiger partial charge is 0.347 e. The molecule has 25 heavy (non-hydrogen) atoms. The van der Waals surface area contributed by atoms with Gasteiger partial charge in [0.25, 0.3) is 0 Å². The molecule has 5 aliphatic rings. The van der Waals surface area contributed by atoms with Crippen molar-refractivity contribution in [1.82, 2.24) is 5.32 Å². The molecule has 0 aromatic heterocycles. The first kappa shape index (κ1) is 16.9. The van der Waals surface area contributed by atoms with E-state index in [2.05, 4.69) is 5.32 Å². The van der Waals surface area contributed by atoms with Gasteiger partial charge < -0.3 is 14.8 Å². The molecule has 5 rings (SSSR count). The monoisotopic (exact) mass is 349 g/mol. The highest BCUT2D eigenvalue weighted by molar-refractivity contribution is 5.85. The van der Waals surface area contributed by atoms with E-state index in [1.54, 1.807) is 6.92 Å². The van der Waals surface area contributed by atoms with Crippen molar-refractivity contribution >= 4 is 17.8 Å². The van der Waals surface area contributed by atoms with Crippen LogP contribution in [0, 0.1) is 23.2 Å². The van der Waals surface area contributed by atoms with Gasteiger partial charge in [-0.1, -0.05) is 0 Å². The van der Waals surface area contributed by atoms with Crippen molar-refractivity contribution in [2.75, 3.05) is 6.54 Å². The van der Waals surface area contributed by atoms with Gasteiger partial charge in [0.1, 0.15) is 12.6 Å². The van der Waals surface area contributed by atoms with Gasteiger partial charge >= 0.3 is 11.9 Å². The van der Waals surface area contributed by atoms with Crippen LogP contribution >= 0.6 is 0 Å². The third-order valence-corrected chi connectivity index (χ3v) is 6.53. The summed E-state index contributed by atoms with van der Waals surface area (Å²) in [6.07, 6.45) is 7.40. The largest absolute Gasteiger partial charge is 0.460 e. The Bertz CT molecular complexity index is 551. The molecule has 138 valence electrons. The van der Waals surface area contributed by atoms with Gasteiger partial charge in [-0.2, -0.15) is 0 Å². The number of rotatable bonds is 5. The number of carbonyl (C=O) groups excluding carboxylic acids is 3. The third-order valence-electron chi connectivity index (χ3n) is 6.53. The quantitative estimate of drug-likeness (QED) is 0.767. The molecule has 1 heterocycles. The van der Waals surface area contributed by atoms with Crippen molar-refractivity contribution in [3.05, 3.63) is 0 Å². The second-order valence-electron chi connectivity index (χ2n) is 8.83. The Labute approximate surface area is 148 Å². The lowest BCUT2D eigenvalue weighted by Gasteiger charge is -2.56. The van der Waals surface area contributed by atoms with E-state index in [1.165, 1.54) is 38.5 Å². The normalized spacial score (nSPS) is 41.5. The van der Waals surface area contributed by atoms with Gasteiger partial charge in [0.2, 0.25) is 12.0 Å². The van der Waals surface area contributed by atoms with E-state index in [0.717, 1.165) is 17.8 Å². The SMILES string of the molecule is C[C@@H]1C[C@H](OC(=O)CNC(=O)CC23CC4CC(CC(C4)C2)C3)C(=O)O1. The Morgan fingerprint density at radius 2 is 1.72 bits per heavy atom. The van der Waals surface area contributed by atoms with Gasteiger partial charge in [0.15, 0.2) is 0 Å². The fraction of sp³-hybridized carbons (Fsp3) is 0.842. The molecule has 0 aromatic rings. The van der Waals surface area contributed by atoms with E-state index in [1.807, 2.05) is 0 Å². The number of hydrogen-bond acceptors (Lipinski definition) is 5. The van der Waals surface area contributed by atoms with E-state index < -0.39 is 18.0 Å². The fourth-order valence-corrected chi connectivity index (χ4v) is 6.10. The van der Waals surface area contributed by atoms with E-state index in [9.17, 15) is 14.4 Å². The predicted octanol–water partition coefficient (Wildman–Crippen LogP) is 1.96. The van der Waals surface area contributed by atoms with Gasteiger partial charge in [-0.25, -0.2) is 4.79 Å². The fourth-order valence-electron chi connectivity index (χ4n) is 6.10. The van der Waals surface area contributed by atoms with Crippen LogP contribution in [0.3, 0.4) is 0 Å². The van der Waals surface area contributed by atoms with Crippen LogP contribution in [0.1, 0.15) is 58.3 Å². The molecule has 0 unspecified atom stereocenters. The van der Waals surface area contributed by atoms with Gasteiger partial charge in [-0.3, -0.25) is 9.59 Å². The minimum atomic E-state index is -0.831. The topological polar surface area (TPSA) is 81.7 Å². The molecule has 1 saturated heterocycles. The molecule has 4 aliphatic carbocycles. The highest BCUT2D eigenvalue weighted by Crippen LogP contribution is 2.61. The summed E-state index contributed by atoms with van der Waals surface area (Å²) >= 11 is 0. The molecule has 5 fully saturated rings. The molecule has 4 bridgehead atoms. The second kappa shape index (κ2) is 6.29. The van der Waals surface area contributed by atoms with Crippen LogP contribution in [0.4, 0.5) is 0 Å². The summed E-state index contributed by atoms with van der Waals surface area (Å²) in [6.45, 7) is 1.59. The summed E-state index contributed by atoms with van der Waals surface area (Å²) in [6, 6.07) is 0. The number of ether oxygens (including phenoxy) is 2. The Hall–Kier alpha value is -1.59. The number of amides is 1. The Morgan fingerprint density at radius 3 is 2.24 bits per heavy atom. The maximum atomic E-state index is 12.4. The molecule has 2 atom stereocenters. The zero-order valence-corrected chi connectivity index (χ0v) is 14.8. The summed E-state index contributed by atoms with van der Waals surface area (Å²) in [4.78, 5) is 35.7. The van der Waals surface area contributed by atoms with E-state index in [0.29, 0.717) is 12.8 Å². The molecular formula is C19H27NO5. The second-order valence-corrected chi connectivity index (χ2v) is 8.83. The molecule has 4 saturated carbocycles. The Kier molecular flexibility index (Phi) is 4.24. The van der Waals surface area contributed by atoms with Crippen molar-refractivity contribution < 1.29 is 23.9 Å². The first-order chi connectivity index (χ1) is 11.9. The Balaban J connectivity index is 1.24. The molecule has 1 aliphatic heterocycles. The van der Waals surface area contributed by atoms with Crippen molar-refractivity contribution in [3.8, 4) is 0 Å². The van der Waals surface area contributed by atoms with Crippen molar-refractivity contribution in [2.45, 2.75) is 70.5 Å². The van der Waals surface area contributed by atoms with Crippen LogP contribution in [-0.2, 0) is 23.9 Å². The van der Waals surface area contributed by atoms with Gasteiger partial charge in [-0.15, -0.1) is 0 Å². The summed E-state index contributed by atoms with van der Waals surface area (Å²) in [5, 5.41) is 2.69. The summed E-state index contributed by atoms with van der Waals surface area (Å²) in [5.74, 6) is 1.27. The molecule has 0 aromatic carbocycles. The Morgan fingerprint density at radius 1 is 1.12 bits per heavy atom. The van der Waals surface area contributed by atoms with Gasteiger partial charge in [0, 0.05) is 12.8 Å². The zero-order valence-electron chi connectivity index (χ0n) is 14.8. The van der Waals surface area contributed by atoms with Crippen molar-refractivity contribution in [3.63, 3.8) is 0 Å². The molecule has 0 radical (unpaired) electrons. The molecular weight excluding hydrogens is 322 g/mol. The minimum Gasteiger partial charge on any atom is -0.460 e. The van der Waals surface area contributed by atoms with Gasteiger partial charge in [0.05, 0.1) is 0 Å². The number of carbonyl (C=O) groups is 3. The molecule has 1 amide bonds. The van der Waals surface area contributed by atoms with E-state index >= 15 is 0 Å². The van der Waals surface area contributed by atoms with Crippen LogP contribution in [0.25, 0.3) is 0 Å². The van der Waals surface area contributed by atoms with Crippen LogP contribution in [0.5, 0.6) is 0 Å². The molecule has 6 nitrogen and oxygen atoms in total. The first-order valence-corrected chi connectivity index (χ1v) is 9.57. The lowest BCUT2D eigenvalue weighted by molar-refractivity contribution is -0.160. The number of hydrogen-bond donors (Lipinski definition) is 1. The van der Waals surface area contributed by atoms with Crippen LogP contribution in [0.15, 0.2) is 0 Å². The maximum Gasteiger partial charge on any atom is 0.347 e. The number of cyclic esters (lactones) is 1. The van der Waals surface area contributed by atoms with Crippen LogP contribution in [0.2, 0.25) is 0 Å². The molecule has 0 spiro atoms. The van der Waals surface area contributed by atoms with Crippen molar-refractivity contribution in [1.29, 1.82) is 0 Å². The standard InChI is InChI=1S/C19H27NO5/c1-11-2-15(18(23)24-11)25-17(22)10-20-16(21)9-19-6-12-3-13(7-19)5-14(4-12)8-19/h11-15H,2-10H2,1H3,(H,20,21)/t11-,12?,13?,14?,15+,19?/m1/s1. The minimum absolute atomic E-state index is 0.0683. The van der Waals surface area contributed by atoms with Crippen LogP contribution < -0.4 is 5.32 Å². The summed E-state index contributed by atoms with van der Waals surface area (Å²) in [7, 11) is 0. The number of esters is 2. The maximum absolute atomic E-state index is 12.4. The summed E-state index contributed by atoms with van der Waals surface area (Å²) < 4.78 is 10.1. The predicted molar refractivity (Wildman–Crippen MR) is 88.3 cm³/mol. The average Bonchev–Trinajstić information content (AvgIpc) is 2.81. The number of nitrogens with one attached hydrogen (secondary N) is 1. The highest BCUT2D eigenvalue weighted by atomic mass is 16.6. The third kappa shape index (κ3) is 3.53. The first-order valence-electron chi connectivity index (χ1n) is 9.57. The molecule has 6 heteroatoms. The van der Waals surface area contributed by atoms with Gasteiger partial charge in [-0.05, 0) is 68.6 Å². The lowest BCUT2D eigenvalue weighted by atomic mass is 9.49. The molecule has 1 N–H and O–H groups in total. The van der Waals surface area contributed by atoms with Crippen LogP contribution in [-0.4, -0.2) is 36.6 Å². The van der Waals surface area contributed by atoms with Crippen molar-refractivity contribution in [2.24, 2.45) is 23.2 Å². The summed E-state index contributed by atoms with van der Waals surface area (Å²) in [5.41, 5.74) is 0.160. The van der Waals surface area contributed by atoms with E-state index in [4.69, 9.17) is 9.47 Å². The highest BCUT2D eigenvalue weighted by Gasteiger charge is 2.51. The average molecular weight is 349 g/mol. The lowest BCUT2D eigenvalue weighted by Crippen LogP contribution is -2.48.